The minimum absolute atomic E-state index is 0.217. The lowest BCUT2D eigenvalue weighted by atomic mass is 10.3. The molecule has 0 spiro atoms. The predicted molar refractivity (Wildman–Crippen MR) is 66.2 cm³/mol. The third kappa shape index (κ3) is 7.68. The topological polar surface area (TPSA) is 40.5 Å². The van der Waals surface area contributed by atoms with Gasteiger partial charge in [0.1, 0.15) is 0 Å². The van der Waals surface area contributed by atoms with Gasteiger partial charge in [-0.05, 0) is 25.0 Å². The lowest BCUT2D eigenvalue weighted by Gasteiger charge is -2.21. The number of aliphatic hydroxyl groups is 1. The van der Waals surface area contributed by atoms with Crippen molar-refractivity contribution in [1.82, 2.24) is 4.90 Å². The summed E-state index contributed by atoms with van der Waals surface area (Å²) in [6, 6.07) is 0. The van der Waals surface area contributed by atoms with Crippen molar-refractivity contribution < 1.29 is 9.90 Å². The maximum absolute atomic E-state index is 11.7. The first-order chi connectivity index (χ1) is 7.26. The normalized spacial score (nSPS) is 10.3. The second kappa shape index (κ2) is 10.3. The van der Waals surface area contributed by atoms with Crippen LogP contribution in [0.25, 0.3) is 0 Å². The number of thioether (sulfide) groups is 1. The molecule has 90 valence electrons. The van der Waals surface area contributed by atoms with Crippen LogP contribution in [0.3, 0.4) is 0 Å². The Labute approximate surface area is 97.2 Å². The van der Waals surface area contributed by atoms with Crippen LogP contribution in [-0.2, 0) is 4.79 Å². The Morgan fingerprint density at radius 3 is 2.33 bits per heavy atom. The zero-order valence-corrected chi connectivity index (χ0v) is 10.7. The molecular weight excluding hydrogens is 210 g/mol. The Kier molecular flexibility index (Phi) is 10.2. The molecule has 0 rings (SSSR count). The summed E-state index contributed by atoms with van der Waals surface area (Å²) in [5.41, 5.74) is 0. The molecule has 0 atom stereocenters. The van der Waals surface area contributed by atoms with Crippen LogP contribution in [0.2, 0.25) is 0 Å². The minimum atomic E-state index is 0.217. The number of rotatable bonds is 9. The number of hydrogen-bond donors (Lipinski definition) is 1. The molecule has 0 aromatic rings. The second-order valence-corrected chi connectivity index (χ2v) is 4.62. The molecule has 15 heavy (non-hydrogen) atoms. The van der Waals surface area contributed by atoms with Gasteiger partial charge in [0.2, 0.25) is 5.91 Å². The molecule has 0 radical (unpaired) electrons. The van der Waals surface area contributed by atoms with Gasteiger partial charge in [-0.25, -0.2) is 0 Å². The summed E-state index contributed by atoms with van der Waals surface area (Å²) in [6.07, 6.45) is 2.82. The Morgan fingerprint density at radius 1 is 1.27 bits per heavy atom. The van der Waals surface area contributed by atoms with Crippen LogP contribution in [0, 0.1) is 0 Å². The molecule has 4 heteroatoms. The van der Waals surface area contributed by atoms with Gasteiger partial charge in [0, 0.05) is 19.7 Å². The fourth-order valence-corrected chi connectivity index (χ4v) is 2.15. The van der Waals surface area contributed by atoms with E-state index < -0.39 is 0 Å². The molecule has 3 nitrogen and oxygen atoms in total. The average Bonchev–Trinajstić information content (AvgIpc) is 2.24. The number of nitrogens with zero attached hydrogens (tertiary/aromatic N) is 1. The third-order valence-electron chi connectivity index (χ3n) is 2.01. The van der Waals surface area contributed by atoms with E-state index in [1.807, 2.05) is 4.90 Å². The molecule has 0 aliphatic heterocycles. The summed E-state index contributed by atoms with van der Waals surface area (Å²) in [5, 5.41) is 8.60. The van der Waals surface area contributed by atoms with E-state index in [1.165, 1.54) is 0 Å². The molecular formula is C11H23NO2S. The lowest BCUT2D eigenvalue weighted by molar-refractivity contribution is -0.128. The van der Waals surface area contributed by atoms with Crippen molar-refractivity contribution in [2.75, 3.05) is 31.2 Å². The van der Waals surface area contributed by atoms with Gasteiger partial charge >= 0.3 is 0 Å². The predicted octanol–water partition coefficient (Wildman–Crippen LogP) is 1.75. The highest BCUT2D eigenvalue weighted by Crippen LogP contribution is 2.05. The van der Waals surface area contributed by atoms with Crippen molar-refractivity contribution >= 4 is 17.7 Å². The average molecular weight is 233 g/mol. The molecule has 0 aliphatic rings. The highest BCUT2D eigenvalue weighted by Gasteiger charge is 2.10. The van der Waals surface area contributed by atoms with Crippen LogP contribution in [0.4, 0.5) is 0 Å². The van der Waals surface area contributed by atoms with Crippen molar-refractivity contribution in [1.29, 1.82) is 0 Å². The van der Waals surface area contributed by atoms with Gasteiger partial charge in [-0.1, -0.05) is 13.8 Å². The Hall–Kier alpha value is -0.220. The van der Waals surface area contributed by atoms with E-state index in [0.29, 0.717) is 5.75 Å². The van der Waals surface area contributed by atoms with Crippen LogP contribution >= 0.6 is 11.8 Å². The van der Waals surface area contributed by atoms with Gasteiger partial charge in [-0.15, -0.1) is 0 Å². The second-order valence-electron chi connectivity index (χ2n) is 3.51. The summed E-state index contributed by atoms with van der Waals surface area (Å²) in [7, 11) is 0. The Morgan fingerprint density at radius 2 is 1.87 bits per heavy atom. The lowest BCUT2D eigenvalue weighted by Crippen LogP contribution is -2.33. The number of aliphatic hydroxyl groups excluding tert-OH is 1. The smallest absolute Gasteiger partial charge is 0.232 e. The maximum Gasteiger partial charge on any atom is 0.232 e. The van der Waals surface area contributed by atoms with Crippen molar-refractivity contribution in [3.05, 3.63) is 0 Å². The Bertz CT molecular complexity index is 159. The van der Waals surface area contributed by atoms with E-state index in [-0.39, 0.29) is 12.5 Å². The number of carbonyl (C=O) groups excluding carboxylic acids is 1. The van der Waals surface area contributed by atoms with Gasteiger partial charge < -0.3 is 10.0 Å². The van der Waals surface area contributed by atoms with Crippen molar-refractivity contribution in [2.45, 2.75) is 33.1 Å². The number of amides is 1. The van der Waals surface area contributed by atoms with Crippen LogP contribution < -0.4 is 0 Å². The first kappa shape index (κ1) is 14.8. The zero-order chi connectivity index (χ0) is 11.5. The Balaban J connectivity index is 3.70. The minimum Gasteiger partial charge on any atom is -0.396 e. The van der Waals surface area contributed by atoms with E-state index in [4.69, 9.17) is 5.11 Å². The highest BCUT2D eigenvalue weighted by atomic mass is 32.2. The van der Waals surface area contributed by atoms with Crippen molar-refractivity contribution in [3.63, 3.8) is 0 Å². The molecule has 0 aromatic heterocycles. The van der Waals surface area contributed by atoms with Crippen molar-refractivity contribution in [3.8, 4) is 0 Å². The zero-order valence-electron chi connectivity index (χ0n) is 9.87. The first-order valence-corrected chi connectivity index (χ1v) is 6.88. The summed E-state index contributed by atoms with van der Waals surface area (Å²) in [5.74, 6) is 1.66. The van der Waals surface area contributed by atoms with Crippen LogP contribution in [-0.4, -0.2) is 47.1 Å². The summed E-state index contributed by atoms with van der Waals surface area (Å²) in [4.78, 5) is 13.7. The maximum atomic E-state index is 11.7. The summed E-state index contributed by atoms with van der Waals surface area (Å²) >= 11 is 1.61. The van der Waals surface area contributed by atoms with Gasteiger partial charge in [-0.2, -0.15) is 11.8 Å². The van der Waals surface area contributed by atoms with Crippen LogP contribution in [0.1, 0.15) is 33.1 Å². The first-order valence-electron chi connectivity index (χ1n) is 5.72. The fourth-order valence-electron chi connectivity index (χ4n) is 1.32. The standard InChI is InChI=1S/C11H23NO2S/c1-3-6-12(7-4-2)11(14)10-15-9-5-8-13/h13H,3-10H2,1-2H3. The highest BCUT2D eigenvalue weighted by molar-refractivity contribution is 7.99. The van der Waals surface area contributed by atoms with Gasteiger partial charge in [0.05, 0.1) is 5.75 Å². The molecule has 1 N–H and O–H groups in total. The van der Waals surface area contributed by atoms with Gasteiger partial charge in [-0.3, -0.25) is 4.79 Å². The van der Waals surface area contributed by atoms with Crippen LogP contribution in [0.15, 0.2) is 0 Å². The van der Waals surface area contributed by atoms with E-state index in [9.17, 15) is 4.79 Å². The quantitative estimate of drug-likeness (QED) is 0.617. The third-order valence-corrected chi connectivity index (χ3v) is 3.04. The molecule has 0 saturated heterocycles. The van der Waals surface area contributed by atoms with E-state index in [2.05, 4.69) is 13.8 Å². The SMILES string of the molecule is CCCN(CCC)C(=O)CSCCCO. The van der Waals surface area contributed by atoms with Crippen molar-refractivity contribution in [2.24, 2.45) is 0 Å². The fraction of sp³-hybridized carbons (Fsp3) is 0.909. The number of hydrogen-bond acceptors (Lipinski definition) is 3. The molecule has 1 amide bonds. The van der Waals surface area contributed by atoms with E-state index in [0.717, 1.165) is 38.1 Å². The molecule has 0 saturated carbocycles. The molecule has 0 aromatic carbocycles. The monoisotopic (exact) mass is 233 g/mol. The summed E-state index contributed by atoms with van der Waals surface area (Å²) < 4.78 is 0. The molecule has 0 aliphatic carbocycles. The summed E-state index contributed by atoms with van der Waals surface area (Å²) in [6.45, 7) is 6.14. The number of carbonyl (C=O) groups is 1. The molecule has 0 fully saturated rings. The van der Waals surface area contributed by atoms with Gasteiger partial charge in [0.15, 0.2) is 0 Å². The largest absolute Gasteiger partial charge is 0.396 e. The molecule has 0 heterocycles. The molecule has 0 bridgehead atoms. The molecule has 0 unspecified atom stereocenters. The van der Waals surface area contributed by atoms with E-state index >= 15 is 0 Å². The van der Waals surface area contributed by atoms with Crippen LogP contribution in [0.5, 0.6) is 0 Å². The van der Waals surface area contributed by atoms with E-state index in [1.54, 1.807) is 11.8 Å². The van der Waals surface area contributed by atoms with Gasteiger partial charge in [0.25, 0.3) is 0 Å².